The molecule has 0 aliphatic rings. The number of carbonyl (C=O) groups is 1. The van der Waals surface area contributed by atoms with Crippen LogP contribution >= 0.6 is 23.1 Å². The molecule has 0 saturated carbocycles. The highest BCUT2D eigenvalue weighted by atomic mass is 35.5. The lowest BCUT2D eigenvalue weighted by Crippen LogP contribution is -2.26. The van der Waals surface area contributed by atoms with E-state index in [4.69, 9.17) is 21.1 Å². The summed E-state index contributed by atoms with van der Waals surface area (Å²) in [5, 5.41) is 14.1. The van der Waals surface area contributed by atoms with Gasteiger partial charge in [0, 0.05) is 24.7 Å². The van der Waals surface area contributed by atoms with Gasteiger partial charge >= 0.3 is 0 Å². The molecule has 3 rings (SSSR count). The molecule has 0 radical (unpaired) electrons. The largest absolute Gasteiger partial charge is 0.494 e. The molecule has 2 N–H and O–H groups in total. The fourth-order valence-corrected chi connectivity index (χ4v) is 3.63. The Hall–Kier alpha value is -2.62. The molecular weight excluding hydrogens is 428 g/mol. The second kappa shape index (κ2) is 9.92. The average Bonchev–Trinajstić information content (AvgIpc) is 3.28. The molecule has 160 valence electrons. The first-order valence-electron chi connectivity index (χ1n) is 9.33. The number of benzene rings is 1. The molecule has 0 unspecified atom stereocenters. The average molecular weight is 451 g/mol. The van der Waals surface area contributed by atoms with Gasteiger partial charge in [-0.05, 0) is 24.5 Å². The predicted octanol–water partition coefficient (Wildman–Crippen LogP) is 4.86. The van der Waals surface area contributed by atoms with Crippen molar-refractivity contribution in [1.29, 1.82) is 0 Å². The minimum absolute atomic E-state index is 0.0878. The quantitative estimate of drug-likeness (QED) is 0.483. The number of rotatable bonds is 9. The zero-order chi connectivity index (χ0) is 21.7. The maximum atomic E-state index is 13.0. The molecule has 0 aliphatic heterocycles. The Kier molecular flexibility index (Phi) is 7.30. The minimum Gasteiger partial charge on any atom is -0.494 e. The third kappa shape index (κ3) is 5.50. The number of halogens is 1. The van der Waals surface area contributed by atoms with Crippen molar-refractivity contribution >= 4 is 34.2 Å². The van der Waals surface area contributed by atoms with Gasteiger partial charge in [-0.1, -0.05) is 37.6 Å². The maximum Gasteiger partial charge on any atom is 0.249 e. The molecule has 0 saturated heterocycles. The number of aromatic nitrogens is 3. The monoisotopic (exact) mass is 450 g/mol. The van der Waals surface area contributed by atoms with E-state index in [0.29, 0.717) is 33.9 Å². The molecule has 1 amide bonds. The van der Waals surface area contributed by atoms with Crippen LogP contribution in [0.1, 0.15) is 32.1 Å². The van der Waals surface area contributed by atoms with E-state index in [-0.39, 0.29) is 24.3 Å². The van der Waals surface area contributed by atoms with Crippen molar-refractivity contribution in [3.05, 3.63) is 47.4 Å². The summed E-state index contributed by atoms with van der Waals surface area (Å²) < 4.78 is 16.4. The molecule has 10 heteroatoms. The summed E-state index contributed by atoms with van der Waals surface area (Å²) >= 11 is 7.22. The van der Waals surface area contributed by atoms with Crippen LogP contribution in [0.25, 0.3) is 0 Å². The molecule has 0 aliphatic carbocycles. The highest BCUT2D eigenvalue weighted by Crippen LogP contribution is 2.34. The molecule has 1 atom stereocenters. The van der Waals surface area contributed by atoms with Crippen LogP contribution in [-0.4, -0.2) is 32.0 Å². The number of nitrogens with zero attached hydrogens (tertiary/aromatic N) is 3. The van der Waals surface area contributed by atoms with E-state index >= 15 is 0 Å². The SMILES string of the molecule is COCc1nsc(NC(=O)[C@H](CC(C)C)n2cc(Oc3ccccc3Cl)cc2O)n1. The number of hydrogen-bond acceptors (Lipinski definition) is 7. The fourth-order valence-electron chi connectivity index (χ4n) is 2.88. The van der Waals surface area contributed by atoms with Crippen LogP contribution in [-0.2, 0) is 16.1 Å². The Bertz CT molecular complexity index is 1000. The molecule has 2 heterocycles. The van der Waals surface area contributed by atoms with Gasteiger partial charge in [-0.25, -0.2) is 4.98 Å². The standard InChI is InChI=1S/C20H23ClN4O4S/c1-12(2)8-15(19(27)23-20-22-17(11-28-3)24-30-20)25-10-13(9-18(25)26)29-16-7-5-4-6-14(16)21/h4-7,9-10,12,15,26H,8,11H2,1-3H3,(H,22,23,24,27)/t15-/m0/s1. The zero-order valence-corrected chi connectivity index (χ0v) is 18.4. The van der Waals surface area contributed by atoms with E-state index in [9.17, 15) is 9.90 Å². The van der Waals surface area contributed by atoms with Gasteiger partial charge in [-0.2, -0.15) is 4.37 Å². The molecule has 8 nitrogen and oxygen atoms in total. The highest BCUT2D eigenvalue weighted by molar-refractivity contribution is 7.09. The number of ether oxygens (including phenoxy) is 2. The lowest BCUT2D eigenvalue weighted by Gasteiger charge is -2.20. The van der Waals surface area contributed by atoms with Crippen LogP contribution in [0.2, 0.25) is 5.02 Å². The first kappa shape index (κ1) is 22.1. The summed E-state index contributed by atoms with van der Waals surface area (Å²) in [6.45, 7) is 4.27. The maximum absolute atomic E-state index is 13.0. The number of carbonyl (C=O) groups excluding carboxylic acids is 1. The van der Waals surface area contributed by atoms with Gasteiger partial charge in [0.15, 0.2) is 11.7 Å². The second-order valence-corrected chi connectivity index (χ2v) is 8.22. The summed E-state index contributed by atoms with van der Waals surface area (Å²) in [6, 6.07) is 7.82. The summed E-state index contributed by atoms with van der Waals surface area (Å²) in [4.78, 5) is 17.2. The Balaban J connectivity index is 1.81. The van der Waals surface area contributed by atoms with Crippen molar-refractivity contribution in [2.45, 2.75) is 32.9 Å². The number of hydrogen-bond donors (Lipinski definition) is 2. The molecule has 3 aromatic rings. The summed E-state index contributed by atoms with van der Waals surface area (Å²) in [6.07, 6.45) is 2.09. The van der Waals surface area contributed by atoms with Gasteiger partial charge in [-0.15, -0.1) is 0 Å². The number of para-hydroxylation sites is 1. The second-order valence-electron chi connectivity index (χ2n) is 7.06. The van der Waals surface area contributed by atoms with Crippen LogP contribution in [0, 0.1) is 5.92 Å². The summed E-state index contributed by atoms with van der Waals surface area (Å²) in [5.74, 6) is 1.14. The van der Waals surface area contributed by atoms with Crippen LogP contribution < -0.4 is 10.1 Å². The van der Waals surface area contributed by atoms with Gasteiger partial charge in [-0.3, -0.25) is 10.1 Å². The van der Waals surface area contributed by atoms with Crippen LogP contribution in [0.5, 0.6) is 17.4 Å². The number of amides is 1. The smallest absolute Gasteiger partial charge is 0.249 e. The van der Waals surface area contributed by atoms with Crippen molar-refractivity contribution in [3.63, 3.8) is 0 Å². The topological polar surface area (TPSA) is 98.5 Å². The number of methoxy groups -OCH3 is 1. The molecule has 30 heavy (non-hydrogen) atoms. The van der Waals surface area contributed by atoms with E-state index in [1.54, 1.807) is 37.6 Å². The molecular formula is C20H23ClN4O4S. The molecule has 1 aromatic carbocycles. The minimum atomic E-state index is -0.664. The summed E-state index contributed by atoms with van der Waals surface area (Å²) in [7, 11) is 1.55. The van der Waals surface area contributed by atoms with E-state index in [1.165, 1.54) is 10.6 Å². The van der Waals surface area contributed by atoms with Crippen LogP contribution in [0.3, 0.4) is 0 Å². The Morgan fingerprint density at radius 3 is 2.83 bits per heavy atom. The van der Waals surface area contributed by atoms with Crippen LogP contribution in [0.15, 0.2) is 36.5 Å². The van der Waals surface area contributed by atoms with Crippen molar-refractivity contribution in [1.82, 2.24) is 13.9 Å². The molecule has 2 aromatic heterocycles. The Morgan fingerprint density at radius 1 is 1.37 bits per heavy atom. The molecule has 0 bridgehead atoms. The predicted molar refractivity (Wildman–Crippen MR) is 115 cm³/mol. The number of anilines is 1. The number of aromatic hydroxyl groups is 1. The van der Waals surface area contributed by atoms with Gasteiger partial charge in [0.2, 0.25) is 11.0 Å². The summed E-state index contributed by atoms with van der Waals surface area (Å²) in [5.41, 5.74) is 0. The van der Waals surface area contributed by atoms with Gasteiger partial charge < -0.3 is 19.1 Å². The lowest BCUT2D eigenvalue weighted by molar-refractivity contribution is -0.119. The van der Waals surface area contributed by atoms with E-state index in [1.807, 2.05) is 13.8 Å². The van der Waals surface area contributed by atoms with Crippen LogP contribution in [0.4, 0.5) is 5.13 Å². The van der Waals surface area contributed by atoms with Crippen molar-refractivity contribution in [2.24, 2.45) is 5.92 Å². The molecule has 0 spiro atoms. The Labute approximate surface area is 183 Å². The third-order valence-corrected chi connectivity index (χ3v) is 5.15. The first-order valence-corrected chi connectivity index (χ1v) is 10.5. The van der Waals surface area contributed by atoms with E-state index in [0.717, 1.165) is 11.5 Å². The van der Waals surface area contributed by atoms with Gasteiger partial charge in [0.25, 0.3) is 0 Å². The third-order valence-electron chi connectivity index (χ3n) is 4.17. The first-order chi connectivity index (χ1) is 14.4. The van der Waals surface area contributed by atoms with E-state index < -0.39 is 6.04 Å². The Morgan fingerprint density at radius 2 is 2.13 bits per heavy atom. The van der Waals surface area contributed by atoms with Crippen molar-refractivity contribution < 1.29 is 19.4 Å². The lowest BCUT2D eigenvalue weighted by atomic mass is 10.0. The zero-order valence-electron chi connectivity index (χ0n) is 16.8. The van der Waals surface area contributed by atoms with Crippen molar-refractivity contribution in [3.8, 4) is 17.4 Å². The van der Waals surface area contributed by atoms with Gasteiger partial charge in [0.1, 0.15) is 24.1 Å². The van der Waals surface area contributed by atoms with Gasteiger partial charge in [0.05, 0.1) is 11.2 Å². The fraction of sp³-hybridized carbons (Fsp3) is 0.350. The number of nitrogens with one attached hydrogen (secondary N) is 1. The highest BCUT2D eigenvalue weighted by Gasteiger charge is 2.26. The normalized spacial score (nSPS) is 12.2. The van der Waals surface area contributed by atoms with Crippen molar-refractivity contribution in [2.75, 3.05) is 12.4 Å². The van der Waals surface area contributed by atoms with E-state index in [2.05, 4.69) is 14.7 Å². The molecule has 0 fully saturated rings.